The average Bonchev–Trinajstić information content (AvgIpc) is 3.16. The Hall–Kier alpha value is -2.46. The van der Waals surface area contributed by atoms with Crippen molar-refractivity contribution in [2.45, 2.75) is 18.9 Å². The van der Waals surface area contributed by atoms with E-state index in [1.165, 1.54) is 22.3 Å². The van der Waals surface area contributed by atoms with Gasteiger partial charge in [0.15, 0.2) is 0 Å². The molecular formula is C26H20Cl3NO2. The Kier molecular flexibility index (Phi) is 5.66. The average molecular weight is 485 g/mol. The lowest BCUT2D eigenvalue weighted by Gasteiger charge is -2.38. The van der Waals surface area contributed by atoms with Crippen LogP contribution in [0.3, 0.4) is 0 Å². The van der Waals surface area contributed by atoms with Crippen molar-refractivity contribution in [1.29, 1.82) is 0 Å². The third kappa shape index (κ3) is 3.59. The van der Waals surface area contributed by atoms with Crippen molar-refractivity contribution in [2.75, 3.05) is 13.7 Å². The van der Waals surface area contributed by atoms with Gasteiger partial charge >= 0.3 is 0 Å². The van der Waals surface area contributed by atoms with Crippen molar-refractivity contribution < 1.29 is 9.53 Å². The number of benzene rings is 3. The molecule has 32 heavy (non-hydrogen) atoms. The Labute approximate surface area is 202 Å². The van der Waals surface area contributed by atoms with Gasteiger partial charge in [0, 0.05) is 11.6 Å². The summed E-state index contributed by atoms with van der Waals surface area (Å²) in [6.07, 6.45) is 1.53. The zero-order valence-electron chi connectivity index (χ0n) is 17.4. The molecule has 1 unspecified atom stereocenters. The maximum Gasteiger partial charge on any atom is 0.257 e. The van der Waals surface area contributed by atoms with E-state index in [0.29, 0.717) is 22.2 Å². The number of carbonyl (C=O) groups excluding carboxylic acids is 1. The molecule has 1 heterocycles. The van der Waals surface area contributed by atoms with Crippen LogP contribution in [0.25, 0.3) is 5.57 Å². The van der Waals surface area contributed by atoms with E-state index in [0.717, 1.165) is 29.2 Å². The van der Waals surface area contributed by atoms with Crippen LogP contribution in [0, 0.1) is 0 Å². The van der Waals surface area contributed by atoms with Gasteiger partial charge in [-0.1, -0.05) is 59.1 Å². The quantitative estimate of drug-likeness (QED) is 0.392. The first-order valence-electron chi connectivity index (χ1n) is 10.4. The summed E-state index contributed by atoms with van der Waals surface area (Å²) in [4.78, 5) is 15.6. The molecule has 1 atom stereocenters. The van der Waals surface area contributed by atoms with Crippen LogP contribution in [-0.2, 0) is 6.42 Å². The Balaban J connectivity index is 1.63. The SMILES string of the molecule is COc1ccc(C2C3=C(CCN2C(=O)c2c(Cl)cccc2Cl)c2cc(Cl)ccc2C3)cc1. The first kappa shape index (κ1) is 21.4. The van der Waals surface area contributed by atoms with Gasteiger partial charge < -0.3 is 9.64 Å². The van der Waals surface area contributed by atoms with E-state index in [2.05, 4.69) is 6.07 Å². The van der Waals surface area contributed by atoms with E-state index in [9.17, 15) is 4.79 Å². The molecule has 0 radical (unpaired) electrons. The Morgan fingerprint density at radius 2 is 1.72 bits per heavy atom. The molecule has 0 spiro atoms. The number of methoxy groups -OCH3 is 1. The molecule has 1 aliphatic carbocycles. The van der Waals surface area contributed by atoms with E-state index >= 15 is 0 Å². The molecule has 0 saturated carbocycles. The molecule has 0 fully saturated rings. The zero-order valence-corrected chi connectivity index (χ0v) is 19.6. The van der Waals surface area contributed by atoms with Crippen LogP contribution in [0.1, 0.15) is 39.5 Å². The number of rotatable bonds is 3. The normalized spacial score (nSPS) is 17.2. The van der Waals surface area contributed by atoms with Crippen LogP contribution in [0.5, 0.6) is 5.75 Å². The summed E-state index contributed by atoms with van der Waals surface area (Å²) < 4.78 is 5.34. The summed E-state index contributed by atoms with van der Waals surface area (Å²) in [7, 11) is 1.64. The minimum Gasteiger partial charge on any atom is -0.497 e. The molecule has 6 heteroatoms. The highest BCUT2D eigenvalue weighted by molar-refractivity contribution is 6.39. The molecule has 162 valence electrons. The van der Waals surface area contributed by atoms with Gasteiger partial charge in [0.05, 0.1) is 28.8 Å². The van der Waals surface area contributed by atoms with E-state index in [1.54, 1.807) is 25.3 Å². The molecule has 5 rings (SSSR count). The van der Waals surface area contributed by atoms with Gasteiger partial charge in [0.25, 0.3) is 5.91 Å². The van der Waals surface area contributed by atoms with Crippen LogP contribution < -0.4 is 4.74 Å². The van der Waals surface area contributed by atoms with E-state index < -0.39 is 0 Å². The van der Waals surface area contributed by atoms with Gasteiger partial charge in [-0.2, -0.15) is 0 Å². The number of ether oxygens (including phenoxy) is 1. The number of hydrogen-bond donors (Lipinski definition) is 0. The lowest BCUT2D eigenvalue weighted by molar-refractivity contribution is 0.0698. The fraction of sp³-hybridized carbons (Fsp3) is 0.192. The second kappa shape index (κ2) is 8.47. The van der Waals surface area contributed by atoms with Gasteiger partial charge in [-0.15, -0.1) is 0 Å². The molecule has 0 aromatic heterocycles. The van der Waals surface area contributed by atoms with Crippen LogP contribution in [0.4, 0.5) is 0 Å². The summed E-state index contributed by atoms with van der Waals surface area (Å²) in [6.45, 7) is 0.557. The summed E-state index contributed by atoms with van der Waals surface area (Å²) in [5.41, 5.74) is 6.29. The topological polar surface area (TPSA) is 29.5 Å². The van der Waals surface area contributed by atoms with Crippen LogP contribution in [0.2, 0.25) is 15.1 Å². The van der Waals surface area contributed by atoms with Crippen molar-refractivity contribution in [3.8, 4) is 5.75 Å². The second-order valence-electron chi connectivity index (χ2n) is 8.00. The number of nitrogens with zero attached hydrogens (tertiary/aromatic N) is 1. The predicted molar refractivity (Wildman–Crippen MR) is 130 cm³/mol. The van der Waals surface area contributed by atoms with Gasteiger partial charge in [-0.3, -0.25) is 4.79 Å². The minimum atomic E-state index is -0.226. The van der Waals surface area contributed by atoms with Crippen molar-refractivity contribution in [3.63, 3.8) is 0 Å². The maximum absolute atomic E-state index is 13.8. The molecule has 0 N–H and O–H groups in total. The van der Waals surface area contributed by atoms with Crippen molar-refractivity contribution in [1.82, 2.24) is 4.90 Å². The van der Waals surface area contributed by atoms with Gasteiger partial charge in [-0.05, 0) is 77.1 Å². The highest BCUT2D eigenvalue weighted by Crippen LogP contribution is 2.48. The monoisotopic (exact) mass is 483 g/mol. The summed E-state index contributed by atoms with van der Waals surface area (Å²) >= 11 is 19.1. The predicted octanol–water partition coefficient (Wildman–Crippen LogP) is 7.25. The Bertz CT molecular complexity index is 1230. The summed E-state index contributed by atoms with van der Waals surface area (Å²) in [6, 6.07) is 18.8. The van der Waals surface area contributed by atoms with Crippen LogP contribution >= 0.6 is 34.8 Å². The van der Waals surface area contributed by atoms with Crippen molar-refractivity contribution >= 4 is 46.3 Å². The summed E-state index contributed by atoms with van der Waals surface area (Å²) in [5, 5.41) is 1.44. The van der Waals surface area contributed by atoms with E-state index in [1.807, 2.05) is 41.3 Å². The third-order valence-corrected chi connectivity index (χ3v) is 7.14. The number of hydrogen-bond acceptors (Lipinski definition) is 2. The largest absolute Gasteiger partial charge is 0.497 e. The highest BCUT2D eigenvalue weighted by Gasteiger charge is 2.39. The van der Waals surface area contributed by atoms with Gasteiger partial charge in [-0.25, -0.2) is 0 Å². The summed E-state index contributed by atoms with van der Waals surface area (Å²) in [5.74, 6) is 0.606. The van der Waals surface area contributed by atoms with E-state index in [-0.39, 0.29) is 11.9 Å². The molecule has 3 aromatic carbocycles. The molecular weight excluding hydrogens is 465 g/mol. The highest BCUT2D eigenvalue weighted by atomic mass is 35.5. The molecule has 3 aromatic rings. The first-order chi connectivity index (χ1) is 15.5. The number of fused-ring (bicyclic) bond motifs is 2. The lowest BCUT2D eigenvalue weighted by Crippen LogP contribution is -2.39. The van der Waals surface area contributed by atoms with Crippen molar-refractivity contribution in [2.24, 2.45) is 0 Å². The number of halogens is 3. The minimum absolute atomic E-state index is 0.165. The lowest BCUT2D eigenvalue weighted by atomic mass is 9.88. The molecule has 3 nitrogen and oxygen atoms in total. The smallest absolute Gasteiger partial charge is 0.257 e. The third-order valence-electron chi connectivity index (χ3n) is 6.28. The number of amides is 1. The fourth-order valence-corrected chi connectivity index (χ4v) is 5.54. The molecule has 1 amide bonds. The standard InChI is InChI=1S/C26H20Cl3NO2/c1-32-18-9-6-15(7-10-18)25-21-13-16-5-8-17(27)14-20(16)19(21)11-12-30(25)26(31)24-22(28)3-2-4-23(24)29/h2-10,14,25H,11-13H2,1H3. The van der Waals surface area contributed by atoms with Gasteiger partial charge in [0.1, 0.15) is 5.75 Å². The second-order valence-corrected chi connectivity index (χ2v) is 9.25. The molecule has 1 aliphatic heterocycles. The van der Waals surface area contributed by atoms with E-state index in [4.69, 9.17) is 39.5 Å². The first-order valence-corrected chi connectivity index (χ1v) is 11.5. The zero-order chi connectivity index (χ0) is 22.4. The Morgan fingerprint density at radius 3 is 2.41 bits per heavy atom. The van der Waals surface area contributed by atoms with Crippen molar-refractivity contribution in [3.05, 3.63) is 104 Å². The maximum atomic E-state index is 13.8. The molecule has 0 saturated heterocycles. The Morgan fingerprint density at radius 1 is 1.00 bits per heavy atom. The van der Waals surface area contributed by atoms with Crippen LogP contribution in [-0.4, -0.2) is 24.5 Å². The fourth-order valence-electron chi connectivity index (χ4n) is 4.81. The molecule has 0 bridgehead atoms. The van der Waals surface area contributed by atoms with Gasteiger partial charge in [0.2, 0.25) is 0 Å². The molecule has 2 aliphatic rings. The number of carbonyl (C=O) groups is 1. The van der Waals surface area contributed by atoms with Crippen LogP contribution in [0.15, 0.2) is 66.2 Å².